The molecule has 1 aliphatic heterocycles. The lowest BCUT2D eigenvalue weighted by molar-refractivity contribution is 0.191. The number of rotatable bonds is 4. The van der Waals surface area contributed by atoms with E-state index in [1.807, 2.05) is 0 Å². The molecular weight excluding hydrogens is 162 g/mol. The van der Waals surface area contributed by atoms with Crippen LogP contribution in [0.15, 0.2) is 11.6 Å². The number of hydrogen-bond donors (Lipinski definition) is 1. The summed E-state index contributed by atoms with van der Waals surface area (Å²) in [5, 5.41) is 3.52. The normalized spacial score (nSPS) is 29.6. The van der Waals surface area contributed by atoms with Crippen LogP contribution in [0.3, 0.4) is 0 Å². The second-order valence-electron chi connectivity index (χ2n) is 4.29. The molecule has 0 aromatic carbocycles. The Morgan fingerprint density at radius 2 is 2.31 bits per heavy atom. The number of nitrogens with one attached hydrogen (secondary N) is 1. The molecule has 1 unspecified atom stereocenters. The monoisotopic (exact) mass is 181 g/mol. The lowest BCUT2D eigenvalue weighted by Gasteiger charge is -2.05. The van der Waals surface area contributed by atoms with Gasteiger partial charge in [0.15, 0.2) is 0 Å². The minimum Gasteiger partial charge on any atom is -0.381 e. The fraction of sp³-hybridized carbons (Fsp3) is 0.818. The Morgan fingerprint density at radius 1 is 1.46 bits per heavy atom. The first-order chi connectivity index (χ1) is 6.34. The molecule has 0 bridgehead atoms. The molecule has 0 amide bonds. The maximum absolute atomic E-state index is 5.33. The van der Waals surface area contributed by atoms with Crippen LogP contribution in [0.2, 0.25) is 0 Å². The summed E-state index contributed by atoms with van der Waals surface area (Å²) in [4.78, 5) is 0. The van der Waals surface area contributed by atoms with Gasteiger partial charge in [-0.05, 0) is 26.2 Å². The first kappa shape index (κ1) is 9.22. The van der Waals surface area contributed by atoms with Gasteiger partial charge in [-0.25, -0.2) is 0 Å². The standard InChI is InChI=1S/C11H19NO/c1-9(7-12-11-2-3-11)6-10-4-5-13-8-10/h6,10-12H,2-5,7-8H2,1H3. The highest BCUT2D eigenvalue weighted by Gasteiger charge is 2.20. The molecule has 1 atom stereocenters. The smallest absolute Gasteiger partial charge is 0.0529 e. The molecule has 0 aromatic rings. The van der Waals surface area contributed by atoms with Crippen LogP contribution in [0.4, 0.5) is 0 Å². The average molecular weight is 181 g/mol. The van der Waals surface area contributed by atoms with Gasteiger partial charge in [0, 0.05) is 25.1 Å². The van der Waals surface area contributed by atoms with Crippen molar-refractivity contribution in [2.75, 3.05) is 19.8 Å². The van der Waals surface area contributed by atoms with Gasteiger partial charge >= 0.3 is 0 Å². The van der Waals surface area contributed by atoms with Gasteiger partial charge in [-0.3, -0.25) is 0 Å². The van der Waals surface area contributed by atoms with E-state index in [4.69, 9.17) is 4.74 Å². The van der Waals surface area contributed by atoms with Crippen molar-refractivity contribution in [1.82, 2.24) is 5.32 Å². The van der Waals surface area contributed by atoms with E-state index < -0.39 is 0 Å². The molecular formula is C11H19NO. The van der Waals surface area contributed by atoms with Gasteiger partial charge in [0.1, 0.15) is 0 Å². The van der Waals surface area contributed by atoms with Crippen LogP contribution in [-0.4, -0.2) is 25.8 Å². The summed E-state index contributed by atoms with van der Waals surface area (Å²) in [5.74, 6) is 0.681. The van der Waals surface area contributed by atoms with Gasteiger partial charge in [0.25, 0.3) is 0 Å². The van der Waals surface area contributed by atoms with Gasteiger partial charge in [-0.15, -0.1) is 0 Å². The zero-order chi connectivity index (χ0) is 9.10. The Kier molecular flexibility index (Phi) is 3.01. The molecule has 2 rings (SSSR count). The summed E-state index contributed by atoms with van der Waals surface area (Å²) >= 11 is 0. The Labute approximate surface area is 80.4 Å². The molecule has 1 N–H and O–H groups in total. The zero-order valence-corrected chi connectivity index (χ0v) is 8.38. The van der Waals surface area contributed by atoms with Crippen LogP contribution >= 0.6 is 0 Å². The van der Waals surface area contributed by atoms with Crippen molar-refractivity contribution in [2.45, 2.75) is 32.2 Å². The van der Waals surface area contributed by atoms with Gasteiger partial charge in [-0.1, -0.05) is 11.6 Å². The first-order valence-electron chi connectivity index (χ1n) is 5.33. The lowest BCUT2D eigenvalue weighted by atomic mass is 10.1. The second-order valence-corrected chi connectivity index (χ2v) is 4.29. The fourth-order valence-corrected chi connectivity index (χ4v) is 1.74. The van der Waals surface area contributed by atoms with Crippen LogP contribution in [0.25, 0.3) is 0 Å². The maximum Gasteiger partial charge on any atom is 0.0529 e. The van der Waals surface area contributed by atoms with E-state index in [1.165, 1.54) is 24.8 Å². The molecule has 0 radical (unpaired) electrons. The topological polar surface area (TPSA) is 21.3 Å². The SMILES string of the molecule is CC(=CC1CCOC1)CNC1CC1. The van der Waals surface area contributed by atoms with Crippen molar-refractivity contribution in [3.63, 3.8) is 0 Å². The first-order valence-corrected chi connectivity index (χ1v) is 5.33. The van der Waals surface area contributed by atoms with Crippen molar-refractivity contribution in [1.29, 1.82) is 0 Å². The third kappa shape index (κ3) is 3.12. The van der Waals surface area contributed by atoms with E-state index in [1.54, 1.807) is 0 Å². The highest BCUT2D eigenvalue weighted by atomic mass is 16.5. The molecule has 1 heterocycles. The van der Waals surface area contributed by atoms with E-state index in [0.717, 1.165) is 25.8 Å². The van der Waals surface area contributed by atoms with Crippen LogP contribution in [0.1, 0.15) is 26.2 Å². The predicted octanol–water partition coefficient (Wildman–Crippen LogP) is 1.72. The van der Waals surface area contributed by atoms with Crippen molar-refractivity contribution in [3.8, 4) is 0 Å². The van der Waals surface area contributed by atoms with Gasteiger partial charge in [0.05, 0.1) is 6.61 Å². The quantitative estimate of drug-likeness (QED) is 0.667. The molecule has 0 aromatic heterocycles. The maximum atomic E-state index is 5.33. The minimum atomic E-state index is 0.681. The van der Waals surface area contributed by atoms with Gasteiger partial charge in [0.2, 0.25) is 0 Å². The van der Waals surface area contributed by atoms with Crippen LogP contribution in [0.5, 0.6) is 0 Å². The largest absolute Gasteiger partial charge is 0.381 e. The molecule has 2 aliphatic rings. The third-order valence-corrected chi connectivity index (χ3v) is 2.73. The van der Waals surface area contributed by atoms with Crippen molar-refractivity contribution >= 4 is 0 Å². The molecule has 2 fully saturated rings. The van der Waals surface area contributed by atoms with E-state index in [9.17, 15) is 0 Å². The van der Waals surface area contributed by atoms with E-state index >= 15 is 0 Å². The summed E-state index contributed by atoms with van der Waals surface area (Å²) in [6.45, 7) is 5.17. The second kappa shape index (κ2) is 4.25. The summed E-state index contributed by atoms with van der Waals surface area (Å²) in [6.07, 6.45) is 6.34. The summed E-state index contributed by atoms with van der Waals surface area (Å²) in [6, 6.07) is 0.822. The van der Waals surface area contributed by atoms with E-state index in [2.05, 4.69) is 18.3 Å². The molecule has 74 valence electrons. The number of ether oxygens (including phenoxy) is 1. The van der Waals surface area contributed by atoms with Gasteiger partial charge < -0.3 is 10.1 Å². The average Bonchev–Trinajstić information content (AvgIpc) is 2.82. The Morgan fingerprint density at radius 3 is 2.92 bits per heavy atom. The van der Waals surface area contributed by atoms with Crippen LogP contribution in [0, 0.1) is 5.92 Å². The molecule has 2 nitrogen and oxygen atoms in total. The minimum absolute atomic E-state index is 0.681. The molecule has 0 spiro atoms. The van der Waals surface area contributed by atoms with Gasteiger partial charge in [-0.2, -0.15) is 0 Å². The Balaban J connectivity index is 1.69. The van der Waals surface area contributed by atoms with Crippen molar-refractivity contribution < 1.29 is 4.74 Å². The van der Waals surface area contributed by atoms with E-state index in [0.29, 0.717) is 5.92 Å². The summed E-state index contributed by atoms with van der Waals surface area (Å²) in [5.41, 5.74) is 1.47. The molecule has 2 heteroatoms. The predicted molar refractivity (Wildman–Crippen MR) is 53.7 cm³/mol. The summed E-state index contributed by atoms with van der Waals surface area (Å²) in [7, 11) is 0. The lowest BCUT2D eigenvalue weighted by Crippen LogP contribution is -2.18. The highest BCUT2D eigenvalue weighted by Crippen LogP contribution is 2.19. The molecule has 1 saturated carbocycles. The molecule has 1 saturated heterocycles. The molecule has 13 heavy (non-hydrogen) atoms. The third-order valence-electron chi connectivity index (χ3n) is 2.73. The Bertz CT molecular complexity index is 190. The Hall–Kier alpha value is -0.340. The van der Waals surface area contributed by atoms with Crippen LogP contribution in [-0.2, 0) is 4.74 Å². The zero-order valence-electron chi connectivity index (χ0n) is 8.38. The van der Waals surface area contributed by atoms with Crippen LogP contribution < -0.4 is 5.32 Å². The highest BCUT2D eigenvalue weighted by molar-refractivity contribution is 5.05. The van der Waals surface area contributed by atoms with Crippen molar-refractivity contribution in [3.05, 3.63) is 11.6 Å². The van der Waals surface area contributed by atoms with Crippen molar-refractivity contribution in [2.24, 2.45) is 5.92 Å². The van der Waals surface area contributed by atoms with E-state index in [-0.39, 0.29) is 0 Å². The summed E-state index contributed by atoms with van der Waals surface area (Å²) < 4.78 is 5.33. The molecule has 1 aliphatic carbocycles. The fourth-order valence-electron chi connectivity index (χ4n) is 1.74. The number of hydrogen-bond acceptors (Lipinski definition) is 2.